The average Bonchev–Trinajstić information content (AvgIpc) is 3.78. The third-order valence-corrected chi connectivity index (χ3v) is 12.2. The van der Waals surface area contributed by atoms with Crippen LogP contribution in [0.25, 0.3) is 73.7 Å². The van der Waals surface area contributed by atoms with Gasteiger partial charge in [0.05, 0.1) is 10.4 Å². The summed E-state index contributed by atoms with van der Waals surface area (Å²) in [6, 6.07) is 68.6. The molecule has 10 aromatic rings. The average molecular weight is 686 g/mol. The van der Waals surface area contributed by atoms with E-state index in [-0.39, 0.29) is 0 Å². The highest BCUT2D eigenvalue weighted by atomic mass is 32.1. The molecule has 2 heterocycles. The van der Waals surface area contributed by atoms with Gasteiger partial charge in [-0.25, -0.2) is 0 Å². The molecule has 3 heteroatoms. The fourth-order valence-electron chi connectivity index (χ4n) is 7.44. The van der Waals surface area contributed by atoms with Gasteiger partial charge in [0.2, 0.25) is 0 Å². The molecule has 0 atom stereocenters. The first kappa shape index (κ1) is 29.9. The minimum absolute atomic E-state index is 1.12. The van der Waals surface area contributed by atoms with Gasteiger partial charge in [0.1, 0.15) is 0 Å². The lowest BCUT2D eigenvalue weighted by Crippen LogP contribution is -2.10. The Labute approximate surface area is 304 Å². The first-order valence-electron chi connectivity index (χ1n) is 17.3. The molecule has 0 amide bonds. The van der Waals surface area contributed by atoms with Crippen LogP contribution in [0.15, 0.2) is 188 Å². The van der Waals surface area contributed by atoms with Gasteiger partial charge in [-0.2, -0.15) is 0 Å². The van der Waals surface area contributed by atoms with E-state index in [1.165, 1.54) is 79.4 Å². The second-order valence-electron chi connectivity index (χ2n) is 12.9. The van der Waals surface area contributed by atoms with Gasteiger partial charge in [-0.05, 0) is 81.9 Å². The van der Waals surface area contributed by atoms with Crippen LogP contribution in [-0.2, 0) is 0 Å². The zero-order chi connectivity index (χ0) is 33.7. The molecular formula is C48H31NS2. The van der Waals surface area contributed by atoms with E-state index in [9.17, 15) is 0 Å². The summed E-state index contributed by atoms with van der Waals surface area (Å²) in [5, 5.41) is 5.23. The van der Waals surface area contributed by atoms with Gasteiger partial charge in [-0.15, -0.1) is 22.7 Å². The number of benzene rings is 8. The standard InChI is InChI=1S/C48H31NS2/c1-3-12-32(13-4-1)33-22-25-36(26-23-33)49(44-19-11-18-42-40-17-8-10-21-46(40)51-48(42)44)37-27-29-38(43(31-37)34-14-5-2-6-15-34)35-24-28-41-39-16-7-9-20-45(39)50-47(41)30-35/h1-31H. The minimum Gasteiger partial charge on any atom is -0.309 e. The van der Waals surface area contributed by atoms with E-state index < -0.39 is 0 Å². The lowest BCUT2D eigenvalue weighted by molar-refractivity contribution is 1.30. The largest absolute Gasteiger partial charge is 0.309 e. The van der Waals surface area contributed by atoms with E-state index in [1.807, 2.05) is 22.7 Å². The Morgan fingerprint density at radius 3 is 1.65 bits per heavy atom. The second-order valence-corrected chi connectivity index (χ2v) is 15.0. The smallest absolute Gasteiger partial charge is 0.0640 e. The predicted octanol–water partition coefficient (Wildman–Crippen LogP) is 14.9. The predicted molar refractivity (Wildman–Crippen MR) is 223 cm³/mol. The van der Waals surface area contributed by atoms with E-state index in [0.717, 1.165) is 11.4 Å². The van der Waals surface area contributed by atoms with Crippen molar-refractivity contribution in [1.82, 2.24) is 0 Å². The van der Waals surface area contributed by atoms with Crippen LogP contribution in [0.1, 0.15) is 0 Å². The third-order valence-electron chi connectivity index (χ3n) is 9.89. The minimum atomic E-state index is 1.12. The topological polar surface area (TPSA) is 3.24 Å². The van der Waals surface area contributed by atoms with Crippen LogP contribution in [0.4, 0.5) is 17.1 Å². The number of hydrogen-bond donors (Lipinski definition) is 0. The Morgan fingerprint density at radius 1 is 0.314 bits per heavy atom. The van der Waals surface area contributed by atoms with Crippen molar-refractivity contribution in [2.24, 2.45) is 0 Å². The van der Waals surface area contributed by atoms with Gasteiger partial charge in [0, 0.05) is 47.0 Å². The Morgan fingerprint density at radius 2 is 0.882 bits per heavy atom. The molecule has 0 saturated heterocycles. The molecule has 2 aromatic heterocycles. The highest BCUT2D eigenvalue weighted by Gasteiger charge is 2.20. The van der Waals surface area contributed by atoms with Crippen LogP contribution in [0.2, 0.25) is 0 Å². The maximum Gasteiger partial charge on any atom is 0.0640 e. The zero-order valence-electron chi connectivity index (χ0n) is 27.7. The first-order valence-corrected chi connectivity index (χ1v) is 18.9. The van der Waals surface area contributed by atoms with Gasteiger partial charge in [0.15, 0.2) is 0 Å². The number of rotatable bonds is 6. The Hall–Kier alpha value is -6.00. The van der Waals surface area contributed by atoms with Crippen molar-refractivity contribution < 1.29 is 0 Å². The molecule has 1 nitrogen and oxygen atoms in total. The second kappa shape index (κ2) is 12.4. The summed E-state index contributed by atoms with van der Waals surface area (Å²) in [6.07, 6.45) is 0. The SMILES string of the molecule is c1ccc(-c2ccc(N(c3ccc(-c4ccc5c(c4)sc4ccccc45)c(-c4ccccc4)c3)c3cccc4c3sc3ccccc34)cc2)cc1. The molecule has 0 fully saturated rings. The fraction of sp³-hybridized carbons (Fsp3) is 0. The van der Waals surface area contributed by atoms with Crippen LogP contribution in [-0.4, -0.2) is 0 Å². The summed E-state index contributed by atoms with van der Waals surface area (Å²) in [4.78, 5) is 2.44. The molecule has 8 aromatic carbocycles. The van der Waals surface area contributed by atoms with Crippen LogP contribution >= 0.6 is 22.7 Å². The molecule has 0 aliphatic carbocycles. The van der Waals surface area contributed by atoms with Crippen molar-refractivity contribution in [3.05, 3.63) is 188 Å². The summed E-state index contributed by atoms with van der Waals surface area (Å²) in [7, 11) is 0. The highest BCUT2D eigenvalue weighted by Crippen LogP contribution is 2.47. The Kier molecular flexibility index (Phi) is 7.26. The maximum atomic E-state index is 2.44. The highest BCUT2D eigenvalue weighted by molar-refractivity contribution is 7.26. The molecule has 0 bridgehead atoms. The Bertz CT molecular complexity index is 2850. The van der Waals surface area contributed by atoms with E-state index in [4.69, 9.17) is 0 Å². The fourth-order valence-corrected chi connectivity index (χ4v) is 9.79. The van der Waals surface area contributed by atoms with Crippen LogP contribution < -0.4 is 4.90 Å². The summed E-state index contributed by atoms with van der Waals surface area (Å²) in [5.41, 5.74) is 10.7. The number of hydrogen-bond acceptors (Lipinski definition) is 3. The zero-order valence-corrected chi connectivity index (χ0v) is 29.3. The van der Waals surface area contributed by atoms with Crippen molar-refractivity contribution in [2.45, 2.75) is 0 Å². The van der Waals surface area contributed by atoms with E-state index in [2.05, 4.69) is 193 Å². The van der Waals surface area contributed by atoms with Gasteiger partial charge in [0.25, 0.3) is 0 Å². The van der Waals surface area contributed by atoms with Crippen molar-refractivity contribution in [3.63, 3.8) is 0 Å². The summed E-state index contributed by atoms with van der Waals surface area (Å²) in [5.74, 6) is 0. The summed E-state index contributed by atoms with van der Waals surface area (Å²) >= 11 is 3.74. The molecular weight excluding hydrogens is 655 g/mol. The Balaban J connectivity index is 1.18. The lowest BCUT2D eigenvalue weighted by atomic mass is 9.93. The molecule has 0 radical (unpaired) electrons. The number of fused-ring (bicyclic) bond motifs is 6. The number of thiophene rings is 2. The van der Waals surface area contributed by atoms with Gasteiger partial charge in [-0.1, -0.05) is 140 Å². The lowest BCUT2D eigenvalue weighted by Gasteiger charge is -2.27. The van der Waals surface area contributed by atoms with Crippen molar-refractivity contribution in [1.29, 1.82) is 0 Å². The molecule has 0 saturated carbocycles. The van der Waals surface area contributed by atoms with E-state index in [1.54, 1.807) is 0 Å². The van der Waals surface area contributed by atoms with E-state index >= 15 is 0 Å². The van der Waals surface area contributed by atoms with Crippen molar-refractivity contribution in [3.8, 4) is 33.4 Å². The first-order chi connectivity index (χ1) is 25.3. The normalized spacial score (nSPS) is 11.5. The summed E-state index contributed by atoms with van der Waals surface area (Å²) in [6.45, 7) is 0. The molecule has 240 valence electrons. The van der Waals surface area contributed by atoms with Gasteiger partial charge in [-0.3, -0.25) is 0 Å². The van der Waals surface area contributed by atoms with Crippen molar-refractivity contribution >= 4 is 80.1 Å². The van der Waals surface area contributed by atoms with Crippen LogP contribution in [0.5, 0.6) is 0 Å². The monoisotopic (exact) mass is 685 g/mol. The molecule has 0 spiro atoms. The molecule has 0 aliphatic heterocycles. The maximum absolute atomic E-state index is 2.44. The van der Waals surface area contributed by atoms with Gasteiger partial charge < -0.3 is 4.90 Å². The number of anilines is 3. The number of nitrogens with zero attached hydrogens (tertiary/aromatic N) is 1. The van der Waals surface area contributed by atoms with Gasteiger partial charge >= 0.3 is 0 Å². The van der Waals surface area contributed by atoms with Crippen molar-refractivity contribution in [2.75, 3.05) is 4.90 Å². The molecule has 0 aliphatic rings. The third kappa shape index (κ3) is 5.21. The summed E-state index contributed by atoms with van der Waals surface area (Å²) < 4.78 is 5.23. The van der Waals surface area contributed by atoms with E-state index in [0.29, 0.717) is 0 Å². The molecule has 0 N–H and O–H groups in total. The van der Waals surface area contributed by atoms with Crippen LogP contribution in [0, 0.1) is 0 Å². The molecule has 51 heavy (non-hydrogen) atoms. The van der Waals surface area contributed by atoms with Crippen LogP contribution in [0.3, 0.4) is 0 Å². The molecule has 0 unspecified atom stereocenters. The molecule has 10 rings (SSSR count). The quantitative estimate of drug-likeness (QED) is 0.168.